The number of carbonyl (C=O) groups is 3. The van der Waals surface area contributed by atoms with Crippen LogP contribution in [0.4, 0.5) is 0 Å². The van der Waals surface area contributed by atoms with E-state index in [2.05, 4.69) is 58.7 Å². The molecule has 0 rings (SSSR count). The third-order valence-electron chi connectivity index (χ3n) is 8.24. The van der Waals surface area contributed by atoms with Crippen molar-refractivity contribution < 1.29 is 23.6 Å². The van der Waals surface area contributed by atoms with Gasteiger partial charge in [-0.3, -0.25) is 0 Å². The first kappa shape index (κ1) is 44.3. The van der Waals surface area contributed by atoms with Gasteiger partial charge < -0.3 is 0 Å². The average molecular weight is 786 g/mol. The molecule has 6 nitrogen and oxygen atoms in total. The van der Waals surface area contributed by atoms with E-state index in [-0.39, 0.29) is 0 Å². The molecule has 0 aliphatic rings. The second-order valence-electron chi connectivity index (χ2n) is 12.4. The number of hydrogen-bond donors (Lipinski definition) is 3. The van der Waals surface area contributed by atoms with Crippen molar-refractivity contribution in [3.8, 4) is 0 Å². The summed E-state index contributed by atoms with van der Waals surface area (Å²) >= 11 is 8.30. The fourth-order valence-electron chi connectivity index (χ4n) is 5.22. The van der Waals surface area contributed by atoms with Crippen molar-refractivity contribution in [3.05, 3.63) is 0 Å². The van der Waals surface area contributed by atoms with E-state index < -0.39 is 55.3 Å². The van der Waals surface area contributed by atoms with E-state index in [0.717, 1.165) is 57.8 Å². The maximum absolute atomic E-state index is 13.4. The van der Waals surface area contributed by atoms with Crippen molar-refractivity contribution in [1.82, 2.24) is 0 Å². The predicted octanol–water partition coefficient (Wildman–Crippen LogP) is 10.1. The van der Waals surface area contributed by atoms with Crippen LogP contribution in [0.1, 0.15) is 156 Å². The number of hydrogen-bond acceptors (Lipinski definition) is 9. The van der Waals surface area contributed by atoms with Gasteiger partial charge >= 0.3 is 295 Å². The van der Waals surface area contributed by atoms with Crippen molar-refractivity contribution in [2.24, 2.45) is 17.8 Å². The maximum atomic E-state index is 13.4. The Hall–Kier alpha value is 0.259. The van der Waals surface area contributed by atoms with Crippen LogP contribution < -0.4 is 0 Å². The quantitative estimate of drug-likeness (QED) is 0.0383. The zero-order valence-electron chi connectivity index (χ0n) is 28.5. The first-order valence-corrected chi connectivity index (χ1v) is 26.0. The molecule has 44 heavy (non-hydrogen) atoms. The fraction of sp³-hybridized carbons (Fsp3) is 0.912. The molecule has 0 aromatic carbocycles. The average Bonchev–Trinajstić information content (AvgIpc) is 2.99. The van der Waals surface area contributed by atoms with Crippen LogP contribution in [-0.4, -0.2) is 54.8 Å². The Labute approximate surface area is 292 Å². The van der Waals surface area contributed by atoms with Crippen LogP contribution >= 0.6 is 37.9 Å². The Kier molecular flexibility index (Phi) is 29.6. The molecule has 0 amide bonds. The summed E-state index contributed by atoms with van der Waals surface area (Å²) in [5.74, 6) is -1.79. The molecule has 0 spiro atoms. The SMILES string of the molecule is CCCCCCCCC(CS)C(=O)[O][Sn]([CH3])([O]C(=O)C(CS)CCCCCCCC)[O]C(=O)C(CS)CCCCCCCC. The number of unbranched alkanes of at least 4 members (excludes halogenated alkanes) is 15. The van der Waals surface area contributed by atoms with Gasteiger partial charge in [0.1, 0.15) is 0 Å². The molecule has 10 heteroatoms. The third kappa shape index (κ3) is 21.9. The van der Waals surface area contributed by atoms with Crippen LogP contribution in [0, 0.1) is 17.8 Å². The molecule has 0 aromatic heterocycles. The monoisotopic (exact) mass is 786 g/mol. The summed E-state index contributed by atoms with van der Waals surface area (Å²) in [6, 6.07) is 0. The van der Waals surface area contributed by atoms with Gasteiger partial charge in [0.25, 0.3) is 0 Å². The Balaban J connectivity index is 5.48. The summed E-state index contributed by atoms with van der Waals surface area (Å²) < 4.78 is 17.8. The van der Waals surface area contributed by atoms with Crippen molar-refractivity contribution in [2.75, 3.05) is 17.3 Å². The van der Waals surface area contributed by atoms with Gasteiger partial charge in [-0.15, -0.1) is 0 Å². The topological polar surface area (TPSA) is 78.9 Å². The molecular weight excluding hydrogens is 719 g/mol. The molecule has 0 bridgehead atoms. The first-order valence-electron chi connectivity index (χ1n) is 17.7. The van der Waals surface area contributed by atoms with E-state index in [1.165, 1.54) is 57.8 Å². The van der Waals surface area contributed by atoms with Crippen LogP contribution in [0.25, 0.3) is 0 Å². The van der Waals surface area contributed by atoms with Gasteiger partial charge in [0.2, 0.25) is 0 Å². The standard InChI is InChI=1S/3C11H22O2S.CH3.Sn/c3*1-2-3-4-5-6-7-8-10(9-14)11(12)13;;/h3*10,14H,2-9H2,1H3,(H,12,13);1H3;/q;;;;+3/p-3. The second kappa shape index (κ2) is 29.4. The fourth-order valence-corrected chi connectivity index (χ4v) is 11.1. The Morgan fingerprint density at radius 2 is 0.682 bits per heavy atom. The van der Waals surface area contributed by atoms with E-state index in [1.807, 2.05) is 0 Å². The van der Waals surface area contributed by atoms with Crippen molar-refractivity contribution >= 4 is 75.4 Å². The molecule has 0 aliphatic heterocycles. The molecule has 0 aromatic rings. The van der Waals surface area contributed by atoms with Gasteiger partial charge in [-0.05, 0) is 0 Å². The summed E-state index contributed by atoms with van der Waals surface area (Å²) in [6.07, 6.45) is 22.0. The molecule has 3 atom stereocenters. The molecule has 0 aliphatic carbocycles. The van der Waals surface area contributed by atoms with E-state index in [9.17, 15) is 14.4 Å². The number of rotatable bonds is 30. The van der Waals surface area contributed by atoms with Crippen LogP contribution in [0.5, 0.6) is 0 Å². The summed E-state index contributed by atoms with van der Waals surface area (Å²) in [5, 5.41) is 0. The molecule has 0 heterocycles. The summed E-state index contributed by atoms with van der Waals surface area (Å²) in [6.45, 7) is 6.57. The van der Waals surface area contributed by atoms with Gasteiger partial charge in [-0.1, -0.05) is 0 Å². The summed E-state index contributed by atoms with van der Waals surface area (Å²) in [5.41, 5.74) is 0. The van der Waals surface area contributed by atoms with Crippen LogP contribution in [0.2, 0.25) is 4.94 Å². The van der Waals surface area contributed by atoms with Crippen molar-refractivity contribution in [3.63, 3.8) is 0 Å². The molecule has 0 radical (unpaired) electrons. The zero-order chi connectivity index (χ0) is 33.1. The summed E-state index contributed by atoms with van der Waals surface area (Å²) in [4.78, 5) is 41.6. The Morgan fingerprint density at radius 1 is 0.455 bits per heavy atom. The van der Waals surface area contributed by atoms with Gasteiger partial charge in [0.05, 0.1) is 0 Å². The molecule has 260 valence electrons. The third-order valence-corrected chi connectivity index (χ3v) is 14.5. The van der Waals surface area contributed by atoms with Crippen molar-refractivity contribution in [2.45, 2.75) is 161 Å². The summed E-state index contributed by atoms with van der Waals surface area (Å²) in [7, 11) is 0. The van der Waals surface area contributed by atoms with Crippen LogP contribution in [-0.2, 0) is 23.6 Å². The predicted molar refractivity (Wildman–Crippen MR) is 196 cm³/mol. The van der Waals surface area contributed by atoms with Gasteiger partial charge in [0, 0.05) is 0 Å². The normalized spacial score (nSPS) is 14.8. The van der Waals surface area contributed by atoms with Gasteiger partial charge in [-0.25, -0.2) is 0 Å². The zero-order valence-corrected chi connectivity index (χ0v) is 34.0. The molecule has 0 saturated carbocycles. The van der Waals surface area contributed by atoms with E-state index in [1.54, 1.807) is 4.94 Å². The minimum absolute atomic E-state index is 0.326. The minimum atomic E-state index is -4.97. The van der Waals surface area contributed by atoms with Crippen molar-refractivity contribution in [1.29, 1.82) is 0 Å². The molecule has 3 unspecified atom stereocenters. The second-order valence-corrected chi connectivity index (χ2v) is 20.2. The van der Waals surface area contributed by atoms with Crippen LogP contribution in [0.15, 0.2) is 0 Å². The molecular formula is C34H66O6S3Sn. The Bertz CT molecular complexity index is 649. The first-order chi connectivity index (χ1) is 21.2. The number of thiol groups is 3. The van der Waals surface area contributed by atoms with E-state index >= 15 is 0 Å². The number of carbonyl (C=O) groups excluding carboxylic acids is 3. The van der Waals surface area contributed by atoms with Gasteiger partial charge in [0.15, 0.2) is 0 Å². The molecule has 0 saturated heterocycles. The van der Waals surface area contributed by atoms with E-state index in [4.69, 9.17) is 9.22 Å². The molecule has 0 fully saturated rings. The van der Waals surface area contributed by atoms with Gasteiger partial charge in [-0.2, -0.15) is 0 Å². The van der Waals surface area contributed by atoms with E-state index in [0.29, 0.717) is 36.5 Å². The van der Waals surface area contributed by atoms with Crippen LogP contribution in [0.3, 0.4) is 0 Å². The Morgan fingerprint density at radius 3 is 0.909 bits per heavy atom. The molecule has 0 N–H and O–H groups in total.